The maximum Gasteiger partial charge on any atom is 0.356 e. The standard InChI is InChI=1S/C19H18N2O3/c1-3-24-19(23)17-16(14-10-6-7-11-15(14)20-17)21-18(22)13-9-5-4-8-12(13)2/h4-11,20H,3H2,1-2H3,(H,21,22). The van der Waals surface area contributed by atoms with Crippen LogP contribution in [0.1, 0.15) is 33.3 Å². The molecule has 0 saturated carbocycles. The second kappa shape index (κ2) is 6.58. The Bertz CT molecular complexity index is 912. The van der Waals surface area contributed by atoms with Gasteiger partial charge in [0.05, 0.1) is 12.3 Å². The molecule has 0 aliphatic heterocycles. The number of ether oxygens (including phenoxy) is 1. The number of benzene rings is 2. The fourth-order valence-electron chi connectivity index (χ4n) is 2.64. The van der Waals surface area contributed by atoms with Crippen molar-refractivity contribution in [1.82, 2.24) is 4.98 Å². The third-order valence-electron chi connectivity index (χ3n) is 3.81. The van der Waals surface area contributed by atoms with Crippen LogP contribution in [0.4, 0.5) is 5.69 Å². The van der Waals surface area contributed by atoms with E-state index in [2.05, 4.69) is 10.3 Å². The van der Waals surface area contributed by atoms with Gasteiger partial charge in [0.2, 0.25) is 0 Å². The molecule has 0 fully saturated rings. The molecule has 5 nitrogen and oxygen atoms in total. The predicted octanol–water partition coefficient (Wildman–Crippen LogP) is 3.91. The number of hydrogen-bond donors (Lipinski definition) is 2. The van der Waals surface area contributed by atoms with Crippen LogP contribution in [0.3, 0.4) is 0 Å². The number of carbonyl (C=O) groups excluding carboxylic acids is 2. The Morgan fingerprint density at radius 2 is 1.79 bits per heavy atom. The average Bonchev–Trinajstić information content (AvgIpc) is 2.94. The number of nitrogens with one attached hydrogen (secondary N) is 2. The van der Waals surface area contributed by atoms with Crippen molar-refractivity contribution in [2.75, 3.05) is 11.9 Å². The van der Waals surface area contributed by atoms with Crippen LogP contribution < -0.4 is 5.32 Å². The smallest absolute Gasteiger partial charge is 0.356 e. The normalized spacial score (nSPS) is 10.6. The molecule has 3 rings (SSSR count). The number of aromatic amines is 1. The predicted molar refractivity (Wildman–Crippen MR) is 93.4 cm³/mol. The lowest BCUT2D eigenvalue weighted by molar-refractivity contribution is 0.0522. The lowest BCUT2D eigenvalue weighted by Gasteiger charge is -2.09. The number of aryl methyl sites for hydroxylation is 1. The zero-order chi connectivity index (χ0) is 17.1. The Balaban J connectivity index is 2.04. The van der Waals surface area contributed by atoms with Crippen LogP contribution in [-0.4, -0.2) is 23.5 Å². The third-order valence-corrected chi connectivity index (χ3v) is 3.81. The quantitative estimate of drug-likeness (QED) is 0.716. The zero-order valence-corrected chi connectivity index (χ0v) is 13.6. The van der Waals surface area contributed by atoms with Crippen molar-refractivity contribution in [3.05, 3.63) is 65.4 Å². The molecule has 0 aliphatic carbocycles. The van der Waals surface area contributed by atoms with E-state index in [0.717, 1.165) is 16.5 Å². The summed E-state index contributed by atoms with van der Waals surface area (Å²) in [6.45, 7) is 3.88. The summed E-state index contributed by atoms with van der Waals surface area (Å²) in [6.07, 6.45) is 0. The monoisotopic (exact) mass is 322 g/mol. The number of anilines is 1. The Morgan fingerprint density at radius 3 is 2.54 bits per heavy atom. The van der Waals surface area contributed by atoms with Crippen molar-refractivity contribution in [2.45, 2.75) is 13.8 Å². The van der Waals surface area contributed by atoms with Gasteiger partial charge < -0.3 is 15.0 Å². The molecule has 3 aromatic rings. The van der Waals surface area contributed by atoms with Crippen LogP contribution in [0, 0.1) is 6.92 Å². The third kappa shape index (κ3) is 2.88. The lowest BCUT2D eigenvalue weighted by atomic mass is 10.1. The van der Waals surface area contributed by atoms with Gasteiger partial charge in [-0.15, -0.1) is 0 Å². The minimum atomic E-state index is -0.492. The van der Waals surface area contributed by atoms with Crippen LogP contribution in [0.5, 0.6) is 0 Å². The van der Waals surface area contributed by atoms with Crippen molar-refractivity contribution in [2.24, 2.45) is 0 Å². The molecule has 0 unspecified atom stereocenters. The molecule has 1 aromatic heterocycles. The summed E-state index contributed by atoms with van der Waals surface area (Å²) < 4.78 is 5.09. The number of para-hydroxylation sites is 1. The van der Waals surface area contributed by atoms with E-state index < -0.39 is 5.97 Å². The SMILES string of the molecule is CCOC(=O)c1[nH]c2ccccc2c1NC(=O)c1ccccc1C. The van der Waals surface area contributed by atoms with Crippen molar-refractivity contribution in [3.63, 3.8) is 0 Å². The summed E-state index contributed by atoms with van der Waals surface area (Å²) in [6, 6.07) is 14.7. The number of amides is 1. The molecule has 5 heteroatoms. The maximum absolute atomic E-state index is 12.6. The van der Waals surface area contributed by atoms with Gasteiger partial charge in [-0.05, 0) is 31.5 Å². The topological polar surface area (TPSA) is 71.2 Å². The lowest BCUT2D eigenvalue weighted by Crippen LogP contribution is -2.16. The molecule has 0 atom stereocenters. The van der Waals surface area contributed by atoms with Gasteiger partial charge >= 0.3 is 5.97 Å². The van der Waals surface area contributed by atoms with Gasteiger partial charge in [-0.3, -0.25) is 4.79 Å². The van der Waals surface area contributed by atoms with E-state index in [1.54, 1.807) is 13.0 Å². The average molecular weight is 322 g/mol. The molecule has 24 heavy (non-hydrogen) atoms. The molecule has 122 valence electrons. The van der Waals surface area contributed by atoms with Gasteiger partial charge in [-0.2, -0.15) is 0 Å². The van der Waals surface area contributed by atoms with Gasteiger partial charge in [0.25, 0.3) is 5.91 Å². The molecule has 0 radical (unpaired) electrons. The molecule has 0 saturated heterocycles. The van der Waals surface area contributed by atoms with Crippen LogP contribution in [-0.2, 0) is 4.74 Å². The largest absolute Gasteiger partial charge is 0.461 e. The van der Waals surface area contributed by atoms with E-state index in [4.69, 9.17) is 4.74 Å². The Morgan fingerprint density at radius 1 is 1.08 bits per heavy atom. The van der Waals surface area contributed by atoms with E-state index in [1.165, 1.54) is 0 Å². The molecule has 0 bridgehead atoms. The first-order valence-electron chi connectivity index (χ1n) is 7.76. The van der Waals surface area contributed by atoms with E-state index in [0.29, 0.717) is 11.3 Å². The highest BCUT2D eigenvalue weighted by Crippen LogP contribution is 2.29. The second-order valence-electron chi connectivity index (χ2n) is 5.41. The van der Waals surface area contributed by atoms with Crippen LogP contribution >= 0.6 is 0 Å². The maximum atomic E-state index is 12.6. The van der Waals surface area contributed by atoms with Crippen molar-refractivity contribution in [1.29, 1.82) is 0 Å². The number of fused-ring (bicyclic) bond motifs is 1. The molecule has 1 heterocycles. The molecule has 2 N–H and O–H groups in total. The fraction of sp³-hybridized carbons (Fsp3) is 0.158. The zero-order valence-electron chi connectivity index (χ0n) is 13.6. The Kier molecular flexibility index (Phi) is 4.33. The summed E-state index contributed by atoms with van der Waals surface area (Å²) in [5.74, 6) is -0.753. The van der Waals surface area contributed by atoms with Crippen molar-refractivity contribution >= 4 is 28.5 Å². The highest BCUT2D eigenvalue weighted by molar-refractivity contribution is 6.14. The summed E-state index contributed by atoms with van der Waals surface area (Å²) in [5, 5.41) is 3.63. The van der Waals surface area contributed by atoms with Gasteiger partial charge in [-0.1, -0.05) is 36.4 Å². The molecule has 2 aromatic carbocycles. The molecule has 0 spiro atoms. The van der Waals surface area contributed by atoms with E-state index in [-0.39, 0.29) is 18.2 Å². The van der Waals surface area contributed by atoms with Crippen molar-refractivity contribution in [3.8, 4) is 0 Å². The van der Waals surface area contributed by atoms with Crippen LogP contribution in [0.15, 0.2) is 48.5 Å². The van der Waals surface area contributed by atoms with Crippen LogP contribution in [0.25, 0.3) is 10.9 Å². The number of H-pyrrole nitrogens is 1. The first-order chi connectivity index (χ1) is 11.6. The molecule has 1 amide bonds. The fourth-order valence-corrected chi connectivity index (χ4v) is 2.64. The van der Waals surface area contributed by atoms with Crippen molar-refractivity contribution < 1.29 is 14.3 Å². The second-order valence-corrected chi connectivity index (χ2v) is 5.41. The van der Waals surface area contributed by atoms with Gasteiger partial charge in [0, 0.05) is 16.5 Å². The summed E-state index contributed by atoms with van der Waals surface area (Å²) in [5.41, 5.74) is 2.89. The number of aromatic nitrogens is 1. The number of hydrogen-bond acceptors (Lipinski definition) is 3. The highest BCUT2D eigenvalue weighted by Gasteiger charge is 2.21. The van der Waals surface area contributed by atoms with E-state index in [1.807, 2.05) is 49.4 Å². The number of carbonyl (C=O) groups is 2. The Labute approximate surface area is 139 Å². The first-order valence-corrected chi connectivity index (χ1v) is 7.76. The highest BCUT2D eigenvalue weighted by atomic mass is 16.5. The minimum Gasteiger partial charge on any atom is -0.461 e. The first kappa shape index (κ1) is 15.8. The Hall–Kier alpha value is -3.08. The van der Waals surface area contributed by atoms with E-state index in [9.17, 15) is 9.59 Å². The van der Waals surface area contributed by atoms with Gasteiger partial charge in [0.1, 0.15) is 5.69 Å². The van der Waals surface area contributed by atoms with Crippen LogP contribution in [0.2, 0.25) is 0 Å². The van der Waals surface area contributed by atoms with E-state index >= 15 is 0 Å². The summed E-state index contributed by atoms with van der Waals surface area (Å²) >= 11 is 0. The molecular weight excluding hydrogens is 304 g/mol. The molecule has 0 aliphatic rings. The minimum absolute atomic E-state index is 0.250. The van der Waals surface area contributed by atoms with Gasteiger partial charge in [0.15, 0.2) is 0 Å². The summed E-state index contributed by atoms with van der Waals surface area (Å²) in [4.78, 5) is 27.9. The van der Waals surface area contributed by atoms with Gasteiger partial charge in [-0.25, -0.2) is 4.79 Å². The number of esters is 1. The molecular formula is C19H18N2O3. The number of rotatable bonds is 4. The summed E-state index contributed by atoms with van der Waals surface area (Å²) in [7, 11) is 0.